The van der Waals surface area contributed by atoms with E-state index in [0.29, 0.717) is 25.1 Å². The fourth-order valence-corrected chi connectivity index (χ4v) is 3.02. The maximum atomic E-state index is 11.0. The predicted molar refractivity (Wildman–Crippen MR) is 98.9 cm³/mol. The molecule has 0 rings (SSSR count). The van der Waals surface area contributed by atoms with Crippen LogP contribution in [-0.4, -0.2) is 17.0 Å². The normalized spacial score (nSPS) is 10.1. The first-order chi connectivity index (χ1) is 12.0. The summed E-state index contributed by atoms with van der Waals surface area (Å²) in [5.41, 5.74) is 0. The van der Waals surface area contributed by atoms with E-state index in [0.717, 1.165) is 13.3 Å². The molecule has 1 N–H and O–H groups in total. The molecule has 145 valence electrons. The van der Waals surface area contributed by atoms with Gasteiger partial charge in [-0.2, -0.15) is 0 Å². The summed E-state index contributed by atoms with van der Waals surface area (Å²) >= 11 is 0.636. The molecule has 0 heterocycles. The van der Waals surface area contributed by atoms with E-state index in [1.54, 1.807) is 0 Å². The van der Waals surface area contributed by atoms with Crippen LogP contribution in [0.25, 0.3) is 0 Å². The number of rotatable bonds is 16. The number of aliphatic carboxylic acids is 1. The summed E-state index contributed by atoms with van der Waals surface area (Å²) in [5, 5.41) is 7.42. The Balaban J connectivity index is 0. The van der Waals surface area contributed by atoms with Crippen molar-refractivity contribution in [3.63, 3.8) is 0 Å². The van der Waals surface area contributed by atoms with Crippen LogP contribution < -0.4 is 0 Å². The van der Waals surface area contributed by atoms with Crippen LogP contribution in [0.15, 0.2) is 0 Å². The van der Waals surface area contributed by atoms with Gasteiger partial charge < -0.3 is 5.11 Å². The van der Waals surface area contributed by atoms with Crippen molar-refractivity contribution in [1.29, 1.82) is 0 Å². The van der Waals surface area contributed by atoms with Gasteiger partial charge in [-0.05, 0) is 0 Å². The monoisotopic (exact) mass is 407 g/mol. The molecule has 0 spiro atoms. The number of carboxylic acids is 1. The third-order valence-corrected chi connectivity index (χ3v) is 4.82. The van der Waals surface area contributed by atoms with E-state index in [9.17, 15) is 4.79 Å². The molecule has 0 aliphatic heterocycles. The molecule has 0 atom stereocenters. The van der Waals surface area contributed by atoms with Gasteiger partial charge >= 0.3 is 97.2 Å². The molecule has 5 heteroatoms. The second-order valence-electron chi connectivity index (χ2n) is 6.74. The molecule has 4 nitrogen and oxygen atoms in total. The van der Waals surface area contributed by atoms with Crippen LogP contribution in [0.3, 0.4) is 0 Å². The molecule has 0 unspecified atom stereocenters. The molecule has 25 heavy (non-hydrogen) atoms. The first-order valence-corrected chi connectivity index (χ1v) is 11.4. The van der Waals surface area contributed by atoms with Gasteiger partial charge in [-0.15, -0.1) is 0 Å². The van der Waals surface area contributed by atoms with Crippen LogP contribution in [0.2, 0.25) is 0 Å². The van der Waals surface area contributed by atoms with Crippen molar-refractivity contribution < 1.29 is 36.9 Å². The van der Waals surface area contributed by atoms with E-state index in [1.807, 2.05) is 0 Å². The molecule has 0 aliphatic carbocycles. The predicted octanol–water partition coefficient (Wildman–Crippen LogP) is 6.34. The number of carbonyl (C=O) groups is 2. The zero-order valence-electron chi connectivity index (χ0n) is 16.7. The van der Waals surface area contributed by atoms with Crippen molar-refractivity contribution in [3.05, 3.63) is 0 Å². The SMILES string of the molecule is CC(=O)O.CCCCCCCCCCCCCCCCCC(=O)[O][Zn]. The van der Waals surface area contributed by atoms with Gasteiger partial charge in [0.25, 0.3) is 5.97 Å². The third-order valence-electron chi connectivity index (χ3n) is 4.15. The van der Waals surface area contributed by atoms with E-state index in [2.05, 4.69) is 6.92 Å². The quantitative estimate of drug-likeness (QED) is 0.239. The Bertz CT molecular complexity index is 291. The molecular weight excluding hydrogens is 370 g/mol. The molecule has 0 radical (unpaired) electrons. The molecule has 0 aromatic carbocycles. The number of carbonyl (C=O) groups excluding carboxylic acids is 1. The minimum absolute atomic E-state index is 0.00954. The number of unbranched alkanes of at least 4 members (excludes halogenated alkanes) is 14. The van der Waals surface area contributed by atoms with Gasteiger partial charge in [-0.1, -0.05) is 45.4 Å². The molecule has 0 aliphatic rings. The van der Waals surface area contributed by atoms with Crippen molar-refractivity contribution >= 4 is 11.9 Å². The summed E-state index contributed by atoms with van der Waals surface area (Å²) < 4.78 is 4.76. The Morgan fingerprint density at radius 1 is 0.720 bits per heavy atom. The average Bonchev–Trinajstić information content (AvgIpc) is 2.57. The standard InChI is InChI=1S/C18H36O2.C2H4O2.Zn/c1-2-3-4-5-6-7-8-9-10-11-12-13-14-15-16-17-18(19)20;1-2(3)4;/h2-17H2,1H3,(H,19,20);1H3,(H,3,4);/q;;+1/p-1. The van der Waals surface area contributed by atoms with E-state index >= 15 is 0 Å². The zero-order chi connectivity index (χ0) is 19.2. The van der Waals surface area contributed by atoms with Crippen LogP contribution in [0.5, 0.6) is 0 Å². The summed E-state index contributed by atoms with van der Waals surface area (Å²) in [4.78, 5) is 20.0. The van der Waals surface area contributed by atoms with Gasteiger partial charge in [0.15, 0.2) is 0 Å². The summed E-state index contributed by atoms with van der Waals surface area (Å²) in [6, 6.07) is 0. The van der Waals surface area contributed by atoms with E-state index in [4.69, 9.17) is 13.5 Å². The Morgan fingerprint density at radius 2 is 1.00 bits per heavy atom. The van der Waals surface area contributed by atoms with E-state index in [1.165, 1.54) is 89.9 Å². The van der Waals surface area contributed by atoms with Gasteiger partial charge in [0.2, 0.25) is 0 Å². The maximum absolute atomic E-state index is 11.0. The third kappa shape index (κ3) is 31.8. The van der Waals surface area contributed by atoms with Crippen LogP contribution >= 0.6 is 0 Å². The van der Waals surface area contributed by atoms with Gasteiger partial charge in [0, 0.05) is 6.92 Å². The molecule has 0 aromatic heterocycles. The fourth-order valence-electron chi connectivity index (χ4n) is 2.71. The van der Waals surface area contributed by atoms with Crippen LogP contribution in [0.4, 0.5) is 0 Å². The summed E-state index contributed by atoms with van der Waals surface area (Å²) in [6.07, 6.45) is 21.1. The fraction of sp³-hybridized carbons (Fsp3) is 0.900. The van der Waals surface area contributed by atoms with Crippen molar-refractivity contribution in [2.45, 2.75) is 117 Å². The Kier molecular flexibility index (Phi) is 25.2. The molecule has 0 aromatic rings. The van der Waals surface area contributed by atoms with E-state index in [-0.39, 0.29) is 5.97 Å². The first kappa shape index (κ1) is 26.8. The average molecular weight is 409 g/mol. The second kappa shape index (κ2) is 23.6. The molecular formula is C20H39O4Zn. The van der Waals surface area contributed by atoms with E-state index < -0.39 is 5.97 Å². The summed E-state index contributed by atoms with van der Waals surface area (Å²) in [5.74, 6) is -0.843. The van der Waals surface area contributed by atoms with Crippen molar-refractivity contribution in [2.24, 2.45) is 0 Å². The molecule has 0 amide bonds. The summed E-state index contributed by atoms with van der Waals surface area (Å²) in [7, 11) is 0. The molecule has 0 saturated heterocycles. The number of carboxylic acid groups (broad SMARTS) is 1. The van der Waals surface area contributed by atoms with Crippen molar-refractivity contribution in [2.75, 3.05) is 0 Å². The Labute approximate surface area is 165 Å². The van der Waals surface area contributed by atoms with Crippen LogP contribution in [0, 0.1) is 0 Å². The number of hydrogen-bond donors (Lipinski definition) is 1. The number of hydrogen-bond acceptors (Lipinski definition) is 3. The van der Waals surface area contributed by atoms with Gasteiger partial charge in [-0.3, -0.25) is 4.79 Å². The molecule has 0 saturated carbocycles. The van der Waals surface area contributed by atoms with Gasteiger partial charge in [-0.25, -0.2) is 0 Å². The second-order valence-corrected chi connectivity index (χ2v) is 7.34. The topological polar surface area (TPSA) is 63.6 Å². The zero-order valence-corrected chi connectivity index (χ0v) is 19.7. The Hall–Kier alpha value is -0.437. The van der Waals surface area contributed by atoms with Crippen LogP contribution in [0.1, 0.15) is 117 Å². The van der Waals surface area contributed by atoms with Gasteiger partial charge in [0.1, 0.15) is 0 Å². The Morgan fingerprint density at radius 3 is 1.28 bits per heavy atom. The van der Waals surface area contributed by atoms with Crippen molar-refractivity contribution in [1.82, 2.24) is 0 Å². The van der Waals surface area contributed by atoms with Gasteiger partial charge in [0.05, 0.1) is 0 Å². The van der Waals surface area contributed by atoms with Crippen LogP contribution in [-0.2, 0) is 31.8 Å². The first-order valence-electron chi connectivity index (χ1n) is 10.2. The molecule has 0 bridgehead atoms. The molecule has 0 fully saturated rings. The van der Waals surface area contributed by atoms with Crippen molar-refractivity contribution in [3.8, 4) is 0 Å². The minimum atomic E-state index is -0.833. The summed E-state index contributed by atoms with van der Waals surface area (Å²) in [6.45, 7) is 3.36.